The van der Waals surface area contributed by atoms with Gasteiger partial charge in [0.25, 0.3) is 11.8 Å². The molecule has 2 rings (SSSR count). The Hall–Kier alpha value is -2.29. The third-order valence-corrected chi connectivity index (χ3v) is 3.45. The fraction of sp³-hybridized carbons (Fsp3) is 0.308. The summed E-state index contributed by atoms with van der Waals surface area (Å²) < 4.78 is 38.2. The smallest absolute Gasteiger partial charge is 0.370 e. The predicted octanol–water partition coefficient (Wildman–Crippen LogP) is 1.59. The van der Waals surface area contributed by atoms with E-state index in [1.165, 1.54) is 18.2 Å². The Morgan fingerprint density at radius 1 is 1.35 bits per heavy atom. The highest BCUT2D eigenvalue weighted by molar-refractivity contribution is 6.30. The molecule has 1 aliphatic rings. The zero-order valence-electron chi connectivity index (χ0n) is 11.6. The summed E-state index contributed by atoms with van der Waals surface area (Å²) in [5.41, 5.74) is 10.5. The molecule has 1 atom stereocenters. The second-order valence-corrected chi connectivity index (χ2v) is 5.37. The molecule has 0 spiro atoms. The van der Waals surface area contributed by atoms with Crippen LogP contribution >= 0.6 is 11.6 Å². The van der Waals surface area contributed by atoms with Gasteiger partial charge in [-0.3, -0.25) is 9.59 Å². The Morgan fingerprint density at radius 3 is 2.57 bits per heavy atom. The monoisotopic (exact) mass is 348 g/mol. The maximum Gasteiger partial charge on any atom is 0.406 e. The standard InChI is InChI=1S/C13H12ClF3N4O2/c14-6-1-2-7-8(3-6)9(4-10(22)20-12(18)19)21(11(7)23)5-13(15,16)17/h1-3,9H,4-5H2,(H4,18,19,20,22). The first-order valence-electron chi connectivity index (χ1n) is 6.38. The summed E-state index contributed by atoms with van der Waals surface area (Å²) >= 11 is 5.83. The van der Waals surface area contributed by atoms with E-state index in [0.29, 0.717) is 4.90 Å². The van der Waals surface area contributed by atoms with Gasteiger partial charge in [-0.25, -0.2) is 0 Å². The third kappa shape index (κ3) is 3.92. The summed E-state index contributed by atoms with van der Waals surface area (Å²) in [5, 5.41) is 0.240. The lowest BCUT2D eigenvalue weighted by Gasteiger charge is -2.25. The Labute approximate surface area is 133 Å². The van der Waals surface area contributed by atoms with Crippen molar-refractivity contribution in [3.05, 3.63) is 34.3 Å². The van der Waals surface area contributed by atoms with Crippen molar-refractivity contribution in [3.8, 4) is 0 Å². The van der Waals surface area contributed by atoms with Crippen LogP contribution in [0.4, 0.5) is 13.2 Å². The number of benzene rings is 1. The van der Waals surface area contributed by atoms with Gasteiger partial charge in [-0.05, 0) is 23.8 Å². The van der Waals surface area contributed by atoms with Crippen LogP contribution in [0.5, 0.6) is 0 Å². The van der Waals surface area contributed by atoms with Crippen LogP contribution in [0.1, 0.15) is 28.4 Å². The SMILES string of the molecule is NC(N)=NC(=O)CC1c2cc(Cl)ccc2C(=O)N1CC(F)(F)F. The van der Waals surface area contributed by atoms with E-state index in [0.717, 1.165) is 0 Å². The molecule has 1 aromatic carbocycles. The van der Waals surface area contributed by atoms with Crippen molar-refractivity contribution in [1.82, 2.24) is 4.90 Å². The highest BCUT2D eigenvalue weighted by Gasteiger charge is 2.43. The molecule has 6 nitrogen and oxygen atoms in total. The van der Waals surface area contributed by atoms with Crippen LogP contribution in [0.15, 0.2) is 23.2 Å². The van der Waals surface area contributed by atoms with Crippen molar-refractivity contribution < 1.29 is 22.8 Å². The van der Waals surface area contributed by atoms with Gasteiger partial charge < -0.3 is 16.4 Å². The lowest BCUT2D eigenvalue weighted by Crippen LogP contribution is -2.37. The number of nitrogens with zero attached hydrogens (tertiary/aromatic N) is 2. The van der Waals surface area contributed by atoms with Crippen LogP contribution in [0.3, 0.4) is 0 Å². The first-order chi connectivity index (χ1) is 10.6. The van der Waals surface area contributed by atoms with Crippen LogP contribution in [0, 0.1) is 0 Å². The molecular formula is C13H12ClF3N4O2. The number of rotatable bonds is 3. The summed E-state index contributed by atoms with van der Waals surface area (Å²) in [6.07, 6.45) is -5.09. The van der Waals surface area contributed by atoms with Gasteiger partial charge in [0.15, 0.2) is 5.96 Å². The summed E-state index contributed by atoms with van der Waals surface area (Å²) in [7, 11) is 0. The van der Waals surface area contributed by atoms with E-state index < -0.39 is 43.0 Å². The maximum atomic E-state index is 12.7. The van der Waals surface area contributed by atoms with Gasteiger partial charge in [-0.15, -0.1) is 0 Å². The fourth-order valence-corrected chi connectivity index (χ4v) is 2.60. The van der Waals surface area contributed by atoms with Gasteiger partial charge in [0.05, 0.1) is 12.5 Å². The van der Waals surface area contributed by atoms with Crippen LogP contribution in [0.2, 0.25) is 5.02 Å². The number of aliphatic imine (C=N–C) groups is 1. The highest BCUT2D eigenvalue weighted by Crippen LogP contribution is 2.39. The summed E-state index contributed by atoms with van der Waals surface area (Å²) in [6.45, 7) is -1.49. The average Bonchev–Trinajstić information content (AvgIpc) is 2.61. The number of carbonyl (C=O) groups excluding carboxylic acids is 2. The minimum absolute atomic E-state index is 0.0705. The molecule has 1 aliphatic heterocycles. The molecule has 124 valence electrons. The Bertz CT molecular complexity index is 686. The van der Waals surface area contributed by atoms with E-state index in [-0.39, 0.29) is 16.1 Å². The molecule has 1 heterocycles. The molecule has 0 aromatic heterocycles. The number of halogens is 4. The number of nitrogens with two attached hydrogens (primary N) is 2. The van der Waals surface area contributed by atoms with Crippen LogP contribution in [-0.4, -0.2) is 35.4 Å². The van der Waals surface area contributed by atoms with Gasteiger partial charge in [0, 0.05) is 10.6 Å². The molecule has 0 saturated carbocycles. The quantitative estimate of drug-likeness (QED) is 0.639. The molecular weight excluding hydrogens is 337 g/mol. The largest absolute Gasteiger partial charge is 0.406 e. The summed E-state index contributed by atoms with van der Waals surface area (Å²) in [5.74, 6) is -2.16. The fourth-order valence-electron chi connectivity index (χ4n) is 2.42. The number of alkyl halides is 3. The summed E-state index contributed by atoms with van der Waals surface area (Å²) in [4.78, 5) is 27.8. The van der Waals surface area contributed by atoms with E-state index >= 15 is 0 Å². The third-order valence-electron chi connectivity index (χ3n) is 3.21. The molecule has 2 amide bonds. The summed E-state index contributed by atoms with van der Waals surface area (Å²) in [6, 6.07) is 2.95. The Morgan fingerprint density at radius 2 is 2.00 bits per heavy atom. The number of fused-ring (bicyclic) bond motifs is 1. The molecule has 1 aromatic rings. The second kappa shape index (κ2) is 6.07. The van der Waals surface area contributed by atoms with Crippen LogP contribution in [-0.2, 0) is 4.79 Å². The number of guanidine groups is 1. The zero-order valence-corrected chi connectivity index (χ0v) is 12.4. The minimum Gasteiger partial charge on any atom is -0.370 e. The van der Waals surface area contributed by atoms with Crippen molar-refractivity contribution in [3.63, 3.8) is 0 Å². The van der Waals surface area contributed by atoms with E-state index in [4.69, 9.17) is 23.1 Å². The topological polar surface area (TPSA) is 102 Å². The molecule has 0 aliphatic carbocycles. The van der Waals surface area contributed by atoms with Gasteiger partial charge in [-0.2, -0.15) is 18.2 Å². The number of hydrogen-bond donors (Lipinski definition) is 2. The molecule has 1 unspecified atom stereocenters. The van der Waals surface area contributed by atoms with Gasteiger partial charge in [0.2, 0.25) is 0 Å². The number of amides is 2. The van der Waals surface area contributed by atoms with E-state index in [1.807, 2.05) is 0 Å². The van der Waals surface area contributed by atoms with E-state index in [1.54, 1.807) is 0 Å². The molecule has 0 fully saturated rings. The lowest BCUT2D eigenvalue weighted by atomic mass is 10.0. The first-order valence-corrected chi connectivity index (χ1v) is 6.76. The maximum absolute atomic E-state index is 12.7. The zero-order chi connectivity index (χ0) is 17.4. The number of hydrogen-bond acceptors (Lipinski definition) is 2. The van der Waals surface area contributed by atoms with Crippen LogP contribution < -0.4 is 11.5 Å². The van der Waals surface area contributed by atoms with Gasteiger partial charge in [-0.1, -0.05) is 11.6 Å². The Kier molecular flexibility index (Phi) is 4.51. The van der Waals surface area contributed by atoms with Crippen molar-refractivity contribution >= 4 is 29.4 Å². The van der Waals surface area contributed by atoms with E-state index in [9.17, 15) is 22.8 Å². The van der Waals surface area contributed by atoms with Crippen molar-refractivity contribution in [2.45, 2.75) is 18.6 Å². The van der Waals surface area contributed by atoms with Crippen molar-refractivity contribution in [1.29, 1.82) is 0 Å². The molecule has 0 radical (unpaired) electrons. The predicted molar refractivity (Wildman–Crippen MR) is 76.7 cm³/mol. The number of carbonyl (C=O) groups is 2. The van der Waals surface area contributed by atoms with Crippen molar-refractivity contribution in [2.24, 2.45) is 16.5 Å². The van der Waals surface area contributed by atoms with E-state index in [2.05, 4.69) is 4.99 Å². The first kappa shape index (κ1) is 17.1. The molecule has 23 heavy (non-hydrogen) atoms. The normalized spacial score (nSPS) is 17.1. The molecule has 0 saturated heterocycles. The van der Waals surface area contributed by atoms with Gasteiger partial charge in [0.1, 0.15) is 6.54 Å². The second-order valence-electron chi connectivity index (χ2n) is 4.93. The lowest BCUT2D eigenvalue weighted by molar-refractivity contribution is -0.145. The molecule has 0 bridgehead atoms. The van der Waals surface area contributed by atoms with Crippen LogP contribution in [0.25, 0.3) is 0 Å². The molecule has 10 heteroatoms. The minimum atomic E-state index is -4.61. The van der Waals surface area contributed by atoms with Gasteiger partial charge >= 0.3 is 6.18 Å². The highest BCUT2D eigenvalue weighted by atomic mass is 35.5. The Balaban J connectivity index is 2.40. The molecule has 4 N–H and O–H groups in total. The van der Waals surface area contributed by atoms with Crippen molar-refractivity contribution in [2.75, 3.05) is 6.54 Å². The average molecular weight is 349 g/mol.